The predicted octanol–water partition coefficient (Wildman–Crippen LogP) is 2.80. The minimum absolute atomic E-state index is 0.00509. The zero-order valence-electron chi connectivity index (χ0n) is 13.1. The van der Waals surface area contributed by atoms with Crippen LogP contribution in [0.4, 0.5) is 0 Å². The van der Waals surface area contributed by atoms with E-state index in [2.05, 4.69) is 0 Å². The van der Waals surface area contributed by atoms with Crippen LogP contribution in [-0.4, -0.2) is 28.2 Å². The van der Waals surface area contributed by atoms with E-state index in [9.17, 15) is 4.79 Å². The van der Waals surface area contributed by atoms with Crippen molar-refractivity contribution in [3.63, 3.8) is 0 Å². The summed E-state index contributed by atoms with van der Waals surface area (Å²) in [5.74, 6) is 1.32. The zero-order chi connectivity index (χ0) is 15.7. The molecule has 0 N–H and O–H groups in total. The quantitative estimate of drug-likeness (QED) is 0.872. The standard InChI is InChI=1S/C17H20N2O3/c1-12(2)19(10-14-5-4-8-18(14)3)17(20)13-6-7-15-16(9-13)22-11-21-15/h4-9,12H,10-11H2,1-3H3. The molecule has 0 bridgehead atoms. The smallest absolute Gasteiger partial charge is 0.254 e. The van der Waals surface area contributed by atoms with E-state index < -0.39 is 0 Å². The highest BCUT2D eigenvalue weighted by molar-refractivity contribution is 5.95. The average Bonchev–Trinajstić information content (AvgIpc) is 3.11. The monoisotopic (exact) mass is 300 g/mol. The van der Waals surface area contributed by atoms with Crippen molar-refractivity contribution in [2.24, 2.45) is 7.05 Å². The number of ether oxygens (including phenoxy) is 2. The minimum atomic E-state index is -0.00509. The molecule has 0 aliphatic carbocycles. The number of carbonyl (C=O) groups is 1. The van der Waals surface area contributed by atoms with Crippen LogP contribution in [-0.2, 0) is 13.6 Å². The lowest BCUT2D eigenvalue weighted by molar-refractivity contribution is 0.0686. The molecule has 1 aromatic carbocycles. The molecule has 2 heterocycles. The van der Waals surface area contributed by atoms with Crippen LogP contribution in [0, 0.1) is 0 Å². The number of aromatic nitrogens is 1. The Balaban J connectivity index is 1.85. The fraction of sp³-hybridized carbons (Fsp3) is 0.353. The predicted molar refractivity (Wildman–Crippen MR) is 83.0 cm³/mol. The fourth-order valence-corrected chi connectivity index (χ4v) is 2.52. The average molecular weight is 300 g/mol. The number of hydrogen-bond acceptors (Lipinski definition) is 3. The summed E-state index contributed by atoms with van der Waals surface area (Å²) in [6.07, 6.45) is 1.99. The van der Waals surface area contributed by atoms with Gasteiger partial charge in [0.2, 0.25) is 6.79 Å². The minimum Gasteiger partial charge on any atom is -0.454 e. The molecule has 3 rings (SSSR count). The normalized spacial score (nSPS) is 12.7. The van der Waals surface area contributed by atoms with Gasteiger partial charge in [0, 0.05) is 30.5 Å². The van der Waals surface area contributed by atoms with Crippen molar-refractivity contribution in [1.29, 1.82) is 0 Å². The third-order valence-electron chi connectivity index (χ3n) is 3.89. The van der Waals surface area contributed by atoms with Crippen LogP contribution in [0.25, 0.3) is 0 Å². The van der Waals surface area contributed by atoms with Gasteiger partial charge in [0.25, 0.3) is 5.91 Å². The third kappa shape index (κ3) is 2.66. The van der Waals surface area contributed by atoms with Crippen LogP contribution in [0.5, 0.6) is 11.5 Å². The van der Waals surface area contributed by atoms with Crippen molar-refractivity contribution in [2.45, 2.75) is 26.4 Å². The van der Waals surface area contributed by atoms with Gasteiger partial charge >= 0.3 is 0 Å². The van der Waals surface area contributed by atoms with E-state index in [-0.39, 0.29) is 18.7 Å². The zero-order valence-corrected chi connectivity index (χ0v) is 13.1. The number of fused-ring (bicyclic) bond motifs is 1. The molecule has 0 fully saturated rings. The molecule has 1 aromatic heterocycles. The van der Waals surface area contributed by atoms with Gasteiger partial charge in [-0.2, -0.15) is 0 Å². The van der Waals surface area contributed by atoms with Gasteiger partial charge in [0.05, 0.1) is 6.54 Å². The van der Waals surface area contributed by atoms with Gasteiger partial charge in [-0.05, 0) is 44.2 Å². The van der Waals surface area contributed by atoms with Crippen LogP contribution in [0.3, 0.4) is 0 Å². The lowest BCUT2D eigenvalue weighted by atomic mass is 10.1. The highest BCUT2D eigenvalue weighted by atomic mass is 16.7. The molecule has 116 valence electrons. The topological polar surface area (TPSA) is 43.7 Å². The number of rotatable bonds is 4. The molecule has 0 radical (unpaired) electrons. The van der Waals surface area contributed by atoms with E-state index in [1.807, 2.05) is 48.7 Å². The van der Waals surface area contributed by atoms with Crippen molar-refractivity contribution >= 4 is 5.91 Å². The number of hydrogen-bond donors (Lipinski definition) is 0. The molecular formula is C17H20N2O3. The molecule has 0 saturated carbocycles. The number of carbonyl (C=O) groups excluding carboxylic acids is 1. The van der Waals surface area contributed by atoms with Crippen molar-refractivity contribution in [2.75, 3.05) is 6.79 Å². The van der Waals surface area contributed by atoms with Crippen molar-refractivity contribution in [1.82, 2.24) is 9.47 Å². The number of amides is 1. The summed E-state index contributed by atoms with van der Waals surface area (Å²) in [6, 6.07) is 9.45. The molecule has 1 aliphatic heterocycles. The van der Waals surface area contributed by atoms with Gasteiger partial charge in [-0.1, -0.05) is 0 Å². The van der Waals surface area contributed by atoms with Gasteiger partial charge < -0.3 is 18.9 Å². The molecular weight excluding hydrogens is 280 g/mol. The van der Waals surface area contributed by atoms with E-state index in [1.165, 1.54) is 0 Å². The summed E-state index contributed by atoms with van der Waals surface area (Å²) in [7, 11) is 1.99. The lowest BCUT2D eigenvalue weighted by Gasteiger charge is -2.27. The van der Waals surface area contributed by atoms with E-state index in [1.54, 1.807) is 18.2 Å². The molecule has 1 aliphatic rings. The second kappa shape index (κ2) is 5.75. The summed E-state index contributed by atoms with van der Waals surface area (Å²) in [5, 5.41) is 0. The Kier molecular flexibility index (Phi) is 3.79. The van der Waals surface area contributed by atoms with E-state index in [4.69, 9.17) is 9.47 Å². The maximum atomic E-state index is 12.8. The van der Waals surface area contributed by atoms with Gasteiger partial charge in [-0.3, -0.25) is 4.79 Å². The molecule has 2 aromatic rings. The van der Waals surface area contributed by atoms with Crippen LogP contribution in [0.15, 0.2) is 36.5 Å². The molecule has 0 spiro atoms. The maximum absolute atomic E-state index is 12.8. The van der Waals surface area contributed by atoms with Crippen molar-refractivity contribution < 1.29 is 14.3 Å². The summed E-state index contributed by atoms with van der Waals surface area (Å²) in [4.78, 5) is 14.7. The second-order valence-electron chi connectivity index (χ2n) is 5.71. The number of benzene rings is 1. The Morgan fingerprint density at radius 2 is 2.05 bits per heavy atom. The Morgan fingerprint density at radius 3 is 2.73 bits per heavy atom. The Hall–Kier alpha value is -2.43. The van der Waals surface area contributed by atoms with Crippen LogP contribution in [0.1, 0.15) is 29.9 Å². The fourth-order valence-electron chi connectivity index (χ4n) is 2.52. The van der Waals surface area contributed by atoms with E-state index in [0.29, 0.717) is 23.6 Å². The first-order valence-electron chi connectivity index (χ1n) is 7.37. The summed E-state index contributed by atoms with van der Waals surface area (Å²) in [5.41, 5.74) is 1.72. The van der Waals surface area contributed by atoms with E-state index >= 15 is 0 Å². The van der Waals surface area contributed by atoms with Crippen LogP contribution < -0.4 is 9.47 Å². The molecule has 5 heteroatoms. The highest BCUT2D eigenvalue weighted by Gasteiger charge is 2.22. The lowest BCUT2D eigenvalue weighted by Crippen LogP contribution is -2.36. The van der Waals surface area contributed by atoms with Crippen molar-refractivity contribution in [3.8, 4) is 11.5 Å². The van der Waals surface area contributed by atoms with Crippen LogP contribution >= 0.6 is 0 Å². The van der Waals surface area contributed by atoms with Crippen LogP contribution in [0.2, 0.25) is 0 Å². The highest BCUT2D eigenvalue weighted by Crippen LogP contribution is 2.33. The molecule has 0 saturated heterocycles. The molecule has 0 unspecified atom stereocenters. The molecule has 0 atom stereocenters. The van der Waals surface area contributed by atoms with Gasteiger partial charge in [0.1, 0.15) is 0 Å². The second-order valence-corrected chi connectivity index (χ2v) is 5.71. The van der Waals surface area contributed by atoms with Crippen molar-refractivity contribution in [3.05, 3.63) is 47.8 Å². The van der Waals surface area contributed by atoms with Gasteiger partial charge in [-0.25, -0.2) is 0 Å². The van der Waals surface area contributed by atoms with Gasteiger partial charge in [0.15, 0.2) is 11.5 Å². The SMILES string of the molecule is CC(C)N(Cc1cccn1C)C(=O)c1ccc2c(c1)OCO2. The summed E-state index contributed by atoms with van der Waals surface area (Å²) >= 11 is 0. The summed E-state index contributed by atoms with van der Waals surface area (Å²) < 4.78 is 12.7. The Bertz CT molecular complexity index is 691. The molecule has 1 amide bonds. The molecule has 5 nitrogen and oxygen atoms in total. The third-order valence-corrected chi connectivity index (χ3v) is 3.89. The largest absolute Gasteiger partial charge is 0.454 e. The number of aryl methyl sites for hydroxylation is 1. The Morgan fingerprint density at radius 1 is 1.27 bits per heavy atom. The summed E-state index contributed by atoms with van der Waals surface area (Å²) in [6.45, 7) is 4.83. The van der Waals surface area contributed by atoms with Gasteiger partial charge in [-0.15, -0.1) is 0 Å². The Labute approximate surface area is 130 Å². The first kappa shape index (κ1) is 14.5. The van der Waals surface area contributed by atoms with E-state index in [0.717, 1.165) is 5.69 Å². The maximum Gasteiger partial charge on any atom is 0.254 e. The molecule has 22 heavy (non-hydrogen) atoms. The number of nitrogens with zero attached hydrogens (tertiary/aromatic N) is 2. The first-order chi connectivity index (χ1) is 10.6. The first-order valence-corrected chi connectivity index (χ1v) is 7.37.